The number of thioether (sulfide) groups is 1. The third-order valence-corrected chi connectivity index (χ3v) is 5.32. The van der Waals surface area contributed by atoms with Gasteiger partial charge in [-0.2, -0.15) is 0 Å². The average Bonchev–Trinajstić information content (AvgIpc) is 2.69. The molecule has 0 heterocycles. The van der Waals surface area contributed by atoms with Crippen LogP contribution >= 0.6 is 11.8 Å². The molecular formula is C23H23NO2S. The number of carbonyl (C=O) groups excluding carboxylic acids is 1. The van der Waals surface area contributed by atoms with Crippen molar-refractivity contribution in [2.24, 2.45) is 0 Å². The van der Waals surface area contributed by atoms with Crippen LogP contribution < -0.4 is 10.1 Å². The zero-order valence-electron chi connectivity index (χ0n) is 15.6. The quantitative estimate of drug-likeness (QED) is 0.544. The number of anilines is 1. The molecule has 1 amide bonds. The Kier molecular flexibility index (Phi) is 6.55. The van der Waals surface area contributed by atoms with Gasteiger partial charge in [0.15, 0.2) is 6.61 Å². The summed E-state index contributed by atoms with van der Waals surface area (Å²) >= 11 is 1.79. The number of hydrogen-bond acceptors (Lipinski definition) is 3. The molecule has 0 spiro atoms. The Bertz CT molecular complexity index is 892. The molecule has 0 unspecified atom stereocenters. The summed E-state index contributed by atoms with van der Waals surface area (Å²) in [6, 6.07) is 24.1. The average molecular weight is 378 g/mol. The monoisotopic (exact) mass is 377 g/mol. The van der Waals surface area contributed by atoms with Gasteiger partial charge >= 0.3 is 0 Å². The highest BCUT2D eigenvalue weighted by atomic mass is 32.2. The van der Waals surface area contributed by atoms with Crippen molar-refractivity contribution in [2.75, 3.05) is 11.9 Å². The second-order valence-electron chi connectivity index (χ2n) is 6.38. The topological polar surface area (TPSA) is 38.3 Å². The Hall–Kier alpha value is -2.72. The van der Waals surface area contributed by atoms with E-state index >= 15 is 0 Å². The molecule has 0 atom stereocenters. The van der Waals surface area contributed by atoms with E-state index < -0.39 is 0 Å². The number of nitrogens with one attached hydrogen (secondary N) is 1. The van der Waals surface area contributed by atoms with Crippen molar-refractivity contribution in [3.05, 3.63) is 89.5 Å². The maximum atomic E-state index is 12.1. The van der Waals surface area contributed by atoms with Gasteiger partial charge in [-0.3, -0.25) is 4.79 Å². The van der Waals surface area contributed by atoms with E-state index in [1.54, 1.807) is 11.8 Å². The zero-order valence-corrected chi connectivity index (χ0v) is 16.4. The first-order chi connectivity index (χ1) is 13.1. The highest BCUT2D eigenvalue weighted by Gasteiger charge is 2.05. The normalized spacial score (nSPS) is 10.4. The molecule has 0 saturated heterocycles. The van der Waals surface area contributed by atoms with Gasteiger partial charge in [0, 0.05) is 16.3 Å². The molecule has 1 N–H and O–H groups in total. The van der Waals surface area contributed by atoms with Crippen LogP contribution in [0.2, 0.25) is 0 Å². The fraction of sp³-hybridized carbons (Fsp3) is 0.174. The standard InChI is InChI=1S/C23H23NO2S/c1-17-8-13-21(14-18(17)2)26-15-23(25)24-20-11-9-19(10-12-20)16-27-22-6-4-3-5-7-22/h3-14H,15-16H2,1-2H3,(H,24,25). The minimum absolute atomic E-state index is 0.00584. The highest BCUT2D eigenvalue weighted by Crippen LogP contribution is 2.23. The summed E-state index contributed by atoms with van der Waals surface area (Å²) in [4.78, 5) is 13.3. The lowest BCUT2D eigenvalue weighted by Gasteiger charge is -2.09. The molecule has 0 aromatic heterocycles. The van der Waals surface area contributed by atoms with Crippen molar-refractivity contribution in [3.8, 4) is 5.75 Å². The molecule has 3 nitrogen and oxygen atoms in total. The third-order valence-electron chi connectivity index (χ3n) is 4.23. The Morgan fingerprint density at radius 1 is 0.926 bits per heavy atom. The van der Waals surface area contributed by atoms with Gasteiger partial charge in [0.25, 0.3) is 5.91 Å². The van der Waals surface area contributed by atoms with Gasteiger partial charge < -0.3 is 10.1 Å². The van der Waals surface area contributed by atoms with E-state index in [0.717, 1.165) is 17.0 Å². The van der Waals surface area contributed by atoms with Crippen molar-refractivity contribution < 1.29 is 9.53 Å². The second-order valence-corrected chi connectivity index (χ2v) is 7.43. The molecule has 0 aliphatic carbocycles. The molecule has 3 aromatic carbocycles. The lowest BCUT2D eigenvalue weighted by molar-refractivity contribution is -0.118. The minimum atomic E-state index is -0.167. The first-order valence-corrected chi connectivity index (χ1v) is 9.85. The maximum absolute atomic E-state index is 12.1. The Morgan fingerprint density at radius 3 is 2.37 bits per heavy atom. The van der Waals surface area contributed by atoms with Crippen LogP contribution in [-0.4, -0.2) is 12.5 Å². The molecule has 138 valence electrons. The molecule has 0 radical (unpaired) electrons. The number of hydrogen-bond donors (Lipinski definition) is 1. The summed E-state index contributed by atoms with van der Waals surface area (Å²) in [5.41, 5.74) is 4.35. The lowest BCUT2D eigenvalue weighted by atomic mass is 10.1. The number of amides is 1. The molecule has 0 bridgehead atoms. The Labute approximate surface area is 164 Å². The molecule has 0 saturated carbocycles. The van der Waals surface area contributed by atoms with Gasteiger partial charge in [-0.1, -0.05) is 36.4 Å². The number of ether oxygens (including phenoxy) is 1. The predicted molar refractivity (Wildman–Crippen MR) is 112 cm³/mol. The number of benzene rings is 3. The molecule has 0 aliphatic heterocycles. The molecule has 0 fully saturated rings. The maximum Gasteiger partial charge on any atom is 0.262 e. The summed E-state index contributed by atoms with van der Waals surface area (Å²) in [5.74, 6) is 1.44. The minimum Gasteiger partial charge on any atom is -0.484 e. The zero-order chi connectivity index (χ0) is 19.1. The molecule has 27 heavy (non-hydrogen) atoms. The summed E-state index contributed by atoms with van der Waals surface area (Å²) in [5, 5.41) is 2.87. The number of rotatable bonds is 7. The van der Waals surface area contributed by atoms with Crippen LogP contribution in [0.15, 0.2) is 77.7 Å². The van der Waals surface area contributed by atoms with Crippen LogP contribution in [0.25, 0.3) is 0 Å². The van der Waals surface area contributed by atoms with Crippen LogP contribution in [-0.2, 0) is 10.5 Å². The molecular weight excluding hydrogens is 354 g/mol. The first-order valence-electron chi connectivity index (χ1n) is 8.87. The van der Waals surface area contributed by atoms with E-state index in [0.29, 0.717) is 5.75 Å². The van der Waals surface area contributed by atoms with Gasteiger partial charge in [-0.05, 0) is 66.9 Å². The summed E-state index contributed by atoms with van der Waals surface area (Å²) < 4.78 is 5.57. The van der Waals surface area contributed by atoms with Gasteiger partial charge in [-0.15, -0.1) is 11.8 Å². The fourth-order valence-electron chi connectivity index (χ4n) is 2.52. The third kappa shape index (κ3) is 5.90. The summed E-state index contributed by atoms with van der Waals surface area (Å²) in [6.07, 6.45) is 0. The van der Waals surface area contributed by atoms with Gasteiger partial charge in [0.2, 0.25) is 0 Å². The van der Waals surface area contributed by atoms with Crippen molar-refractivity contribution in [3.63, 3.8) is 0 Å². The van der Waals surface area contributed by atoms with Crippen LogP contribution in [0.1, 0.15) is 16.7 Å². The van der Waals surface area contributed by atoms with Crippen LogP contribution in [0, 0.1) is 13.8 Å². The molecule has 4 heteroatoms. The summed E-state index contributed by atoms with van der Waals surface area (Å²) in [6.45, 7) is 4.07. The van der Waals surface area contributed by atoms with Crippen molar-refractivity contribution in [2.45, 2.75) is 24.5 Å². The number of carbonyl (C=O) groups is 1. The van der Waals surface area contributed by atoms with Gasteiger partial charge in [0.1, 0.15) is 5.75 Å². The van der Waals surface area contributed by atoms with Gasteiger partial charge in [0.05, 0.1) is 0 Å². The smallest absolute Gasteiger partial charge is 0.262 e. The van der Waals surface area contributed by atoms with E-state index in [9.17, 15) is 4.79 Å². The molecule has 3 rings (SSSR count). The van der Waals surface area contributed by atoms with E-state index in [-0.39, 0.29) is 12.5 Å². The second kappa shape index (κ2) is 9.28. The number of aryl methyl sites for hydroxylation is 2. The Morgan fingerprint density at radius 2 is 1.67 bits per heavy atom. The predicted octanol–water partition coefficient (Wildman–Crippen LogP) is 5.61. The van der Waals surface area contributed by atoms with E-state index in [2.05, 4.69) is 17.4 Å². The first kappa shape index (κ1) is 19.1. The lowest BCUT2D eigenvalue weighted by Crippen LogP contribution is -2.20. The van der Waals surface area contributed by atoms with E-state index in [1.165, 1.54) is 16.0 Å². The van der Waals surface area contributed by atoms with Crippen LogP contribution in [0.4, 0.5) is 5.69 Å². The fourth-order valence-corrected chi connectivity index (χ4v) is 3.39. The van der Waals surface area contributed by atoms with E-state index in [1.807, 2.05) is 74.5 Å². The van der Waals surface area contributed by atoms with Crippen molar-refractivity contribution >= 4 is 23.4 Å². The SMILES string of the molecule is Cc1ccc(OCC(=O)Nc2ccc(CSc3ccccc3)cc2)cc1C. The van der Waals surface area contributed by atoms with Crippen LogP contribution in [0.5, 0.6) is 5.75 Å². The van der Waals surface area contributed by atoms with E-state index in [4.69, 9.17) is 4.74 Å². The van der Waals surface area contributed by atoms with Gasteiger partial charge in [-0.25, -0.2) is 0 Å². The highest BCUT2D eigenvalue weighted by molar-refractivity contribution is 7.98. The summed E-state index contributed by atoms with van der Waals surface area (Å²) in [7, 11) is 0. The van der Waals surface area contributed by atoms with Crippen molar-refractivity contribution in [1.82, 2.24) is 0 Å². The molecule has 0 aliphatic rings. The largest absolute Gasteiger partial charge is 0.484 e. The Balaban J connectivity index is 1.47. The van der Waals surface area contributed by atoms with Crippen molar-refractivity contribution in [1.29, 1.82) is 0 Å². The van der Waals surface area contributed by atoms with Crippen LogP contribution in [0.3, 0.4) is 0 Å². The molecule has 3 aromatic rings.